The van der Waals surface area contributed by atoms with Crippen molar-refractivity contribution in [2.24, 2.45) is 11.8 Å². The summed E-state index contributed by atoms with van der Waals surface area (Å²) in [5, 5.41) is -5.08. The number of carbonyl (C=O) groups excluding carboxylic acids is 1. The Morgan fingerprint density at radius 3 is 2.00 bits per heavy atom. The molecule has 8 nitrogen and oxygen atoms in total. The van der Waals surface area contributed by atoms with Crippen LogP contribution >= 0.6 is 0 Å². The first-order chi connectivity index (χ1) is 11.2. The van der Waals surface area contributed by atoms with Gasteiger partial charge in [0.25, 0.3) is 10.1 Å². The Bertz CT molecular complexity index is 790. The van der Waals surface area contributed by atoms with Crippen LogP contribution in [0.3, 0.4) is 0 Å². The molecule has 0 aromatic rings. The minimum Gasteiger partial charge on any atom is -0.454 e. The summed E-state index contributed by atoms with van der Waals surface area (Å²) in [6.45, 7) is 0. The summed E-state index contributed by atoms with van der Waals surface area (Å²) in [5.41, 5.74) is -2.55. The maximum atomic E-state index is 13.5. The van der Waals surface area contributed by atoms with Crippen LogP contribution in [0.25, 0.3) is 0 Å². The Labute approximate surface area is 143 Å². The fourth-order valence-electron chi connectivity index (χ4n) is 5.00. The second kappa shape index (κ2) is 5.33. The molecule has 0 aromatic carbocycles. The van der Waals surface area contributed by atoms with E-state index in [1.54, 1.807) is 0 Å². The summed E-state index contributed by atoms with van der Waals surface area (Å²) < 4.78 is 90.3. The predicted octanol–water partition coefficient (Wildman–Crippen LogP) is 1.08. The Hall–Kier alpha value is -0.850. The Morgan fingerprint density at radius 1 is 1.08 bits per heavy atom. The molecule has 12 heteroatoms. The van der Waals surface area contributed by atoms with Gasteiger partial charge in [-0.2, -0.15) is 25.6 Å². The van der Waals surface area contributed by atoms with Gasteiger partial charge in [-0.1, -0.05) is 0 Å². The van der Waals surface area contributed by atoms with Crippen LogP contribution in [0.15, 0.2) is 0 Å². The zero-order valence-corrected chi connectivity index (χ0v) is 14.9. The molecule has 4 aliphatic carbocycles. The van der Waals surface area contributed by atoms with Crippen molar-refractivity contribution >= 4 is 26.2 Å². The van der Waals surface area contributed by atoms with Gasteiger partial charge in [-0.05, 0) is 43.9 Å². The van der Waals surface area contributed by atoms with Crippen LogP contribution in [-0.2, 0) is 34.0 Å². The van der Waals surface area contributed by atoms with Gasteiger partial charge < -0.3 is 4.74 Å². The van der Waals surface area contributed by atoms with E-state index in [9.17, 15) is 30.4 Å². The minimum absolute atomic E-state index is 0.0739. The number of halogens is 2. The molecule has 4 bridgehead atoms. The van der Waals surface area contributed by atoms with E-state index in [0.717, 1.165) is 12.7 Å². The SMILES string of the molecule is CS(=O)(=O)OC12CC3CC(CC(OC(=O)C(F)(F)S(=O)(=O)O)(C3)C1)C2. The lowest BCUT2D eigenvalue weighted by atomic mass is 9.52. The zero-order valence-electron chi connectivity index (χ0n) is 13.3. The van der Waals surface area contributed by atoms with Crippen LogP contribution < -0.4 is 0 Å². The molecule has 25 heavy (non-hydrogen) atoms. The first-order valence-electron chi connectivity index (χ1n) is 7.64. The monoisotopic (exact) mass is 404 g/mol. The Kier molecular flexibility index (Phi) is 4.04. The average Bonchev–Trinajstić information content (AvgIpc) is 2.31. The van der Waals surface area contributed by atoms with Gasteiger partial charge >= 0.3 is 21.3 Å². The number of alkyl halides is 2. The number of ether oxygens (including phenoxy) is 1. The lowest BCUT2D eigenvalue weighted by molar-refractivity contribution is -0.222. The third-order valence-electron chi connectivity index (χ3n) is 5.15. The molecule has 0 aromatic heterocycles. The molecule has 0 spiro atoms. The van der Waals surface area contributed by atoms with Gasteiger partial charge in [0.05, 0.1) is 11.9 Å². The van der Waals surface area contributed by atoms with Gasteiger partial charge in [-0.25, -0.2) is 4.79 Å². The van der Waals surface area contributed by atoms with Crippen LogP contribution in [0.2, 0.25) is 0 Å². The normalized spacial score (nSPS) is 37.9. The summed E-state index contributed by atoms with van der Waals surface area (Å²) in [5.74, 6) is -2.50. The lowest BCUT2D eigenvalue weighted by Crippen LogP contribution is -2.62. The molecule has 4 fully saturated rings. The molecule has 144 valence electrons. The second-order valence-corrected chi connectivity index (χ2v) is 10.5. The van der Waals surface area contributed by atoms with Crippen molar-refractivity contribution in [2.45, 2.75) is 55.0 Å². The first kappa shape index (κ1) is 18.9. The predicted molar refractivity (Wildman–Crippen MR) is 78.7 cm³/mol. The minimum atomic E-state index is -5.96. The third-order valence-corrected chi connectivity index (χ3v) is 6.62. The number of rotatable bonds is 5. The zero-order chi connectivity index (χ0) is 18.9. The number of hydrogen-bond donors (Lipinski definition) is 1. The Balaban J connectivity index is 1.88. The van der Waals surface area contributed by atoms with E-state index in [-0.39, 0.29) is 31.1 Å². The van der Waals surface area contributed by atoms with E-state index in [1.807, 2.05) is 0 Å². The molecule has 0 amide bonds. The molecular weight excluding hydrogens is 386 g/mol. The highest BCUT2D eigenvalue weighted by molar-refractivity contribution is 7.87. The molecule has 0 heterocycles. The van der Waals surface area contributed by atoms with Crippen molar-refractivity contribution in [3.63, 3.8) is 0 Å². The summed E-state index contributed by atoms with van der Waals surface area (Å²) in [7, 11) is -9.78. The van der Waals surface area contributed by atoms with Crippen molar-refractivity contribution in [3.05, 3.63) is 0 Å². The molecule has 2 unspecified atom stereocenters. The highest BCUT2D eigenvalue weighted by Gasteiger charge is 2.64. The van der Waals surface area contributed by atoms with Crippen LogP contribution in [-0.4, -0.2) is 50.1 Å². The van der Waals surface area contributed by atoms with E-state index in [1.165, 1.54) is 0 Å². The molecule has 0 saturated heterocycles. The van der Waals surface area contributed by atoms with Crippen molar-refractivity contribution in [1.29, 1.82) is 0 Å². The van der Waals surface area contributed by atoms with E-state index in [2.05, 4.69) is 0 Å². The fraction of sp³-hybridized carbons (Fsp3) is 0.923. The largest absolute Gasteiger partial charge is 0.465 e. The summed E-state index contributed by atoms with van der Waals surface area (Å²) in [6.07, 6.45) is 2.79. The van der Waals surface area contributed by atoms with E-state index in [0.29, 0.717) is 12.8 Å². The van der Waals surface area contributed by atoms with Gasteiger partial charge in [0.2, 0.25) is 0 Å². The maximum absolute atomic E-state index is 13.5. The van der Waals surface area contributed by atoms with Gasteiger partial charge in [0, 0.05) is 6.42 Å². The van der Waals surface area contributed by atoms with Crippen LogP contribution in [0.5, 0.6) is 0 Å². The van der Waals surface area contributed by atoms with Gasteiger partial charge in [0.1, 0.15) is 5.60 Å². The van der Waals surface area contributed by atoms with Crippen molar-refractivity contribution < 1.29 is 43.9 Å². The molecule has 2 atom stereocenters. The number of esters is 1. The second-order valence-electron chi connectivity index (χ2n) is 7.50. The molecule has 0 aliphatic heterocycles. The van der Waals surface area contributed by atoms with Crippen molar-refractivity contribution in [1.82, 2.24) is 0 Å². The molecule has 4 saturated carbocycles. The number of hydrogen-bond acceptors (Lipinski definition) is 7. The topological polar surface area (TPSA) is 124 Å². The first-order valence-corrected chi connectivity index (χ1v) is 10.9. The van der Waals surface area contributed by atoms with Gasteiger partial charge in [-0.15, -0.1) is 0 Å². The van der Waals surface area contributed by atoms with Gasteiger partial charge in [-0.3, -0.25) is 8.74 Å². The van der Waals surface area contributed by atoms with E-state index < -0.39 is 42.7 Å². The summed E-state index contributed by atoms with van der Waals surface area (Å²) >= 11 is 0. The van der Waals surface area contributed by atoms with E-state index >= 15 is 0 Å². The quantitative estimate of drug-likeness (QED) is 0.410. The fourth-order valence-corrected chi connectivity index (χ4v) is 6.08. The molecule has 4 aliphatic rings. The standard InChI is InChI=1S/C13H18F2O8S2/c1-24(17,18)23-12-5-8-2-9(6-12)4-11(3-8,7-12)22-10(16)13(14,15)25(19,20)21/h8-9H,2-7H2,1H3,(H,19,20,21). The third kappa shape index (κ3) is 3.40. The highest BCUT2D eigenvalue weighted by Crippen LogP contribution is 2.60. The van der Waals surface area contributed by atoms with Crippen molar-refractivity contribution in [3.8, 4) is 0 Å². The smallest absolute Gasteiger partial charge is 0.454 e. The highest BCUT2D eigenvalue weighted by atomic mass is 32.2. The van der Waals surface area contributed by atoms with Crippen LogP contribution in [0.4, 0.5) is 8.78 Å². The molecule has 0 radical (unpaired) electrons. The molecule has 4 rings (SSSR count). The average molecular weight is 404 g/mol. The number of carbonyl (C=O) groups is 1. The van der Waals surface area contributed by atoms with Crippen LogP contribution in [0.1, 0.15) is 38.5 Å². The Morgan fingerprint density at radius 2 is 1.56 bits per heavy atom. The molecular formula is C13H18F2O8S2. The van der Waals surface area contributed by atoms with Crippen LogP contribution in [0, 0.1) is 11.8 Å². The van der Waals surface area contributed by atoms with Crippen molar-refractivity contribution in [2.75, 3.05) is 6.26 Å². The maximum Gasteiger partial charge on any atom is 0.465 e. The summed E-state index contributed by atoms with van der Waals surface area (Å²) in [6, 6.07) is 0. The van der Waals surface area contributed by atoms with Gasteiger partial charge in [0.15, 0.2) is 0 Å². The summed E-state index contributed by atoms with van der Waals surface area (Å²) in [4.78, 5) is 11.7. The lowest BCUT2D eigenvalue weighted by Gasteiger charge is -2.60. The van der Waals surface area contributed by atoms with E-state index in [4.69, 9.17) is 13.5 Å². The molecule has 1 N–H and O–H groups in total.